The lowest BCUT2D eigenvalue weighted by atomic mass is 9.99. The first-order valence-electron chi connectivity index (χ1n) is 7.55. The van der Waals surface area contributed by atoms with Gasteiger partial charge in [0.2, 0.25) is 5.52 Å². The van der Waals surface area contributed by atoms with Gasteiger partial charge in [0, 0.05) is 18.5 Å². The van der Waals surface area contributed by atoms with E-state index < -0.39 is 20.7 Å². The van der Waals surface area contributed by atoms with Crippen molar-refractivity contribution in [3.63, 3.8) is 0 Å². The van der Waals surface area contributed by atoms with Crippen molar-refractivity contribution in [1.29, 1.82) is 0 Å². The second-order valence-corrected chi connectivity index (χ2v) is 9.64. The van der Waals surface area contributed by atoms with Crippen molar-refractivity contribution >= 4 is 21.0 Å². The Kier molecular flexibility index (Phi) is 4.85. The lowest BCUT2D eigenvalue weighted by molar-refractivity contribution is 0.343. The number of hydrogen-bond donors (Lipinski definition) is 5. The fraction of sp³-hybridized carbons (Fsp3) is 0.385. The molecular weight excluding hydrogens is 370 g/mol. The fourth-order valence-corrected chi connectivity index (χ4v) is 4.91. The van der Waals surface area contributed by atoms with Crippen molar-refractivity contribution in [2.24, 2.45) is 0 Å². The number of nitrogens with zero attached hydrogens (tertiary/aromatic N) is 3. The Morgan fingerprint density at radius 1 is 1.12 bits per heavy atom. The van der Waals surface area contributed by atoms with E-state index >= 15 is 0 Å². The van der Waals surface area contributed by atoms with Gasteiger partial charge in [-0.1, -0.05) is 0 Å². The van der Waals surface area contributed by atoms with E-state index in [1.54, 1.807) is 10.7 Å². The van der Waals surface area contributed by atoms with Gasteiger partial charge in [0.25, 0.3) is 0 Å². The molecule has 0 aromatic carbocycles. The summed E-state index contributed by atoms with van der Waals surface area (Å²) in [5.41, 5.74) is 0.386. The van der Waals surface area contributed by atoms with Crippen LogP contribution in [0.4, 0.5) is 5.82 Å². The average Bonchev–Trinajstić information content (AvgIpc) is 2.95. The highest BCUT2D eigenvalue weighted by atomic mass is 31.2. The highest BCUT2D eigenvalue weighted by Crippen LogP contribution is 2.59. The van der Waals surface area contributed by atoms with Crippen molar-refractivity contribution in [3.05, 3.63) is 35.8 Å². The molecule has 0 saturated heterocycles. The van der Waals surface area contributed by atoms with Gasteiger partial charge < -0.3 is 24.9 Å². The SMILES string of the molecule is O=P(O)(O)C(Nc1cc(-n2cc3c(n2)CCCC3)ccn1)P(=O)(O)O. The molecule has 0 fully saturated rings. The van der Waals surface area contributed by atoms with E-state index in [2.05, 4.69) is 15.4 Å². The predicted octanol–water partition coefficient (Wildman–Crippen LogP) is 1.20. The van der Waals surface area contributed by atoms with Crippen molar-refractivity contribution in [2.75, 3.05) is 5.32 Å². The van der Waals surface area contributed by atoms with Crippen molar-refractivity contribution in [1.82, 2.24) is 14.8 Å². The van der Waals surface area contributed by atoms with Gasteiger partial charge in [-0.05, 0) is 37.3 Å². The Morgan fingerprint density at radius 3 is 2.44 bits per heavy atom. The van der Waals surface area contributed by atoms with Gasteiger partial charge in [-0.25, -0.2) is 9.67 Å². The zero-order chi connectivity index (χ0) is 18.2. The van der Waals surface area contributed by atoms with Gasteiger partial charge in [0.05, 0.1) is 11.4 Å². The first kappa shape index (κ1) is 18.3. The Balaban J connectivity index is 1.90. The standard InChI is InChI=1S/C13H18N4O6P2/c18-24(19,20)13(25(21,22)23)15-12-7-10(5-6-14-12)17-8-9-3-1-2-4-11(9)16-17/h5-8,13H,1-4H2,(H,14,15)(H2,18,19,20)(H2,21,22,23). The maximum Gasteiger partial charge on any atom is 0.360 e. The van der Waals surface area contributed by atoms with Crippen LogP contribution in [-0.4, -0.2) is 39.9 Å². The maximum atomic E-state index is 11.4. The molecule has 0 saturated carbocycles. The normalized spacial score (nSPS) is 15.2. The molecule has 2 heterocycles. The molecule has 1 aliphatic rings. The molecule has 0 aliphatic heterocycles. The molecule has 0 amide bonds. The zero-order valence-corrected chi connectivity index (χ0v) is 14.8. The van der Waals surface area contributed by atoms with Gasteiger partial charge in [-0.2, -0.15) is 5.10 Å². The van der Waals surface area contributed by atoms with Crippen molar-refractivity contribution in [3.8, 4) is 5.69 Å². The van der Waals surface area contributed by atoms with Crippen LogP contribution in [0.1, 0.15) is 24.1 Å². The van der Waals surface area contributed by atoms with E-state index in [4.69, 9.17) is 0 Å². The number of aryl methyl sites for hydroxylation is 2. The summed E-state index contributed by atoms with van der Waals surface area (Å²) in [6.07, 6.45) is 7.29. The number of pyridine rings is 1. The second kappa shape index (κ2) is 6.64. The summed E-state index contributed by atoms with van der Waals surface area (Å²) in [6.45, 7) is 0. The van der Waals surface area contributed by atoms with Crippen LogP contribution < -0.4 is 5.32 Å². The molecular formula is C13H18N4O6P2. The monoisotopic (exact) mass is 388 g/mol. The van der Waals surface area contributed by atoms with Crippen LogP contribution in [0.3, 0.4) is 0 Å². The topological polar surface area (TPSA) is 158 Å². The minimum absolute atomic E-state index is 0.0670. The molecule has 10 nitrogen and oxygen atoms in total. The van der Waals surface area contributed by atoms with Crippen LogP contribution in [0.25, 0.3) is 5.69 Å². The Bertz CT molecular complexity index is 828. The smallest absolute Gasteiger partial charge is 0.346 e. The van der Waals surface area contributed by atoms with E-state index in [1.165, 1.54) is 12.3 Å². The number of hydrogen-bond acceptors (Lipinski definition) is 5. The maximum absolute atomic E-state index is 11.4. The molecule has 1 aliphatic carbocycles. The third-order valence-electron chi connectivity index (χ3n) is 3.91. The number of fused-ring (bicyclic) bond motifs is 1. The van der Waals surface area contributed by atoms with Crippen molar-refractivity contribution < 1.29 is 28.7 Å². The Morgan fingerprint density at radius 2 is 1.80 bits per heavy atom. The minimum Gasteiger partial charge on any atom is -0.346 e. The molecule has 0 bridgehead atoms. The number of nitrogens with one attached hydrogen (secondary N) is 1. The molecule has 3 rings (SSSR count). The van der Waals surface area contributed by atoms with Gasteiger partial charge in [-0.3, -0.25) is 9.13 Å². The number of anilines is 1. The number of aromatic nitrogens is 3. The summed E-state index contributed by atoms with van der Waals surface area (Å²) < 4.78 is 24.4. The average molecular weight is 388 g/mol. The lowest BCUT2D eigenvalue weighted by Gasteiger charge is -2.21. The molecule has 0 spiro atoms. The number of rotatable bonds is 5. The van der Waals surface area contributed by atoms with Crippen LogP contribution >= 0.6 is 15.2 Å². The van der Waals surface area contributed by atoms with Crippen LogP contribution in [-0.2, 0) is 22.0 Å². The third kappa shape index (κ3) is 4.17. The lowest BCUT2D eigenvalue weighted by Crippen LogP contribution is -2.20. The van der Waals surface area contributed by atoms with Gasteiger partial charge in [0.15, 0.2) is 0 Å². The molecule has 0 radical (unpaired) electrons. The molecule has 5 N–H and O–H groups in total. The van der Waals surface area contributed by atoms with E-state index in [9.17, 15) is 28.7 Å². The summed E-state index contributed by atoms with van der Waals surface area (Å²) in [7, 11) is -10.2. The predicted molar refractivity (Wildman–Crippen MR) is 89.5 cm³/mol. The molecule has 2 aromatic rings. The summed E-state index contributed by atoms with van der Waals surface area (Å²) in [6, 6.07) is 3.07. The molecule has 0 atom stereocenters. The van der Waals surface area contributed by atoms with Crippen LogP contribution in [0.5, 0.6) is 0 Å². The molecule has 12 heteroatoms. The quantitative estimate of drug-likeness (QED) is 0.475. The highest BCUT2D eigenvalue weighted by Gasteiger charge is 2.43. The Labute approximate surface area is 143 Å². The van der Waals surface area contributed by atoms with Gasteiger partial charge in [-0.15, -0.1) is 0 Å². The zero-order valence-electron chi connectivity index (χ0n) is 13.1. The molecule has 25 heavy (non-hydrogen) atoms. The van der Waals surface area contributed by atoms with Crippen LogP contribution in [0.15, 0.2) is 24.5 Å². The summed E-state index contributed by atoms with van der Waals surface area (Å²) in [5, 5.41) is 6.65. The minimum atomic E-state index is -5.09. The van der Waals surface area contributed by atoms with E-state index in [0.29, 0.717) is 5.69 Å². The van der Waals surface area contributed by atoms with E-state index in [-0.39, 0.29) is 5.82 Å². The molecule has 136 valence electrons. The first-order valence-corrected chi connectivity index (χ1v) is 10.9. The summed E-state index contributed by atoms with van der Waals surface area (Å²) in [5.74, 6) is -0.0670. The molecule has 2 aromatic heterocycles. The van der Waals surface area contributed by atoms with Crippen LogP contribution in [0, 0.1) is 0 Å². The van der Waals surface area contributed by atoms with Crippen molar-refractivity contribution in [2.45, 2.75) is 31.2 Å². The third-order valence-corrected chi connectivity index (χ3v) is 7.25. The van der Waals surface area contributed by atoms with Gasteiger partial charge in [0.1, 0.15) is 5.82 Å². The summed E-state index contributed by atoms with van der Waals surface area (Å²) in [4.78, 5) is 40.6. The Hall–Kier alpha value is -1.54. The van der Waals surface area contributed by atoms with E-state index in [0.717, 1.165) is 36.9 Å². The largest absolute Gasteiger partial charge is 0.360 e. The fourth-order valence-electron chi connectivity index (χ4n) is 2.74. The van der Waals surface area contributed by atoms with Gasteiger partial charge >= 0.3 is 15.2 Å². The molecule has 0 unspecified atom stereocenters. The van der Waals surface area contributed by atoms with E-state index in [1.807, 2.05) is 6.20 Å². The van der Waals surface area contributed by atoms with Crippen LogP contribution in [0.2, 0.25) is 0 Å². The first-order chi connectivity index (χ1) is 11.6. The highest BCUT2D eigenvalue weighted by molar-refractivity contribution is 7.71. The second-order valence-electron chi connectivity index (χ2n) is 5.85. The summed E-state index contributed by atoms with van der Waals surface area (Å²) >= 11 is 0.